The van der Waals surface area contributed by atoms with Gasteiger partial charge in [-0.15, -0.1) is 11.3 Å². The summed E-state index contributed by atoms with van der Waals surface area (Å²) in [6.45, 7) is 3.24. The number of aromatic nitrogens is 2. The summed E-state index contributed by atoms with van der Waals surface area (Å²) in [6.07, 6.45) is 4.84. The number of fused-ring (bicyclic) bond motifs is 1. The number of amides is 2. The van der Waals surface area contributed by atoms with E-state index >= 15 is 0 Å². The highest BCUT2D eigenvalue weighted by atomic mass is 32.1. The van der Waals surface area contributed by atoms with E-state index < -0.39 is 0 Å². The smallest absolute Gasteiger partial charge is 0.273 e. The molecule has 146 valence electrons. The number of aromatic amines is 1. The van der Waals surface area contributed by atoms with Crippen LogP contribution in [0, 0.1) is 5.92 Å². The number of carbonyl (C=O) groups excluding carboxylic acids is 2. The van der Waals surface area contributed by atoms with Gasteiger partial charge in [-0.1, -0.05) is 0 Å². The van der Waals surface area contributed by atoms with E-state index in [2.05, 4.69) is 22.2 Å². The second kappa shape index (κ2) is 6.77. The van der Waals surface area contributed by atoms with Gasteiger partial charge in [-0.3, -0.25) is 9.59 Å². The van der Waals surface area contributed by atoms with Crippen LogP contribution >= 0.6 is 11.3 Å². The largest absolute Gasteiger partial charge is 0.463 e. The van der Waals surface area contributed by atoms with Crippen molar-refractivity contribution in [1.82, 2.24) is 20.2 Å². The highest BCUT2D eigenvalue weighted by Crippen LogP contribution is 2.41. The summed E-state index contributed by atoms with van der Waals surface area (Å²) in [5.41, 5.74) is 2.54. The summed E-state index contributed by atoms with van der Waals surface area (Å²) >= 11 is 1.60. The summed E-state index contributed by atoms with van der Waals surface area (Å²) in [5.74, 6) is 0.662. The maximum Gasteiger partial charge on any atom is 0.273 e. The molecule has 2 amide bonds. The zero-order chi connectivity index (χ0) is 19.3. The van der Waals surface area contributed by atoms with E-state index in [-0.39, 0.29) is 23.8 Å². The Kier molecular flexibility index (Phi) is 4.23. The molecule has 1 aliphatic heterocycles. The minimum atomic E-state index is -0.155. The van der Waals surface area contributed by atoms with Crippen molar-refractivity contribution in [3.8, 4) is 0 Å². The molecular weight excluding hydrogens is 376 g/mol. The summed E-state index contributed by atoms with van der Waals surface area (Å²) in [4.78, 5) is 34.7. The molecule has 3 aromatic heterocycles. The van der Waals surface area contributed by atoms with Crippen molar-refractivity contribution in [1.29, 1.82) is 0 Å². The molecule has 3 aromatic rings. The molecule has 1 aliphatic carbocycles. The quantitative estimate of drug-likeness (QED) is 0.689. The van der Waals surface area contributed by atoms with Gasteiger partial charge in [0, 0.05) is 42.6 Å². The van der Waals surface area contributed by atoms with Crippen LogP contribution in [-0.4, -0.2) is 45.8 Å². The lowest BCUT2D eigenvalue weighted by Crippen LogP contribution is -2.35. The first-order chi connectivity index (χ1) is 13.6. The lowest BCUT2D eigenvalue weighted by atomic mass is 10.1. The number of hydrogen-bond donors (Lipinski definition) is 2. The third-order valence-corrected chi connectivity index (χ3v) is 6.63. The summed E-state index contributed by atoms with van der Waals surface area (Å²) in [5, 5.41) is 5.96. The Morgan fingerprint density at radius 1 is 1.43 bits per heavy atom. The molecule has 0 aromatic carbocycles. The van der Waals surface area contributed by atoms with Gasteiger partial charge in [0.05, 0.1) is 16.8 Å². The molecule has 0 radical (unpaired) electrons. The van der Waals surface area contributed by atoms with Crippen LogP contribution in [0.1, 0.15) is 58.1 Å². The van der Waals surface area contributed by atoms with Crippen LogP contribution in [-0.2, 0) is 0 Å². The average Bonchev–Trinajstić information content (AvgIpc) is 3.07. The van der Waals surface area contributed by atoms with Gasteiger partial charge in [0.1, 0.15) is 11.4 Å². The van der Waals surface area contributed by atoms with Crippen LogP contribution in [0.3, 0.4) is 0 Å². The normalized spacial score (nSPS) is 22.1. The average molecular weight is 398 g/mol. The van der Waals surface area contributed by atoms with Gasteiger partial charge in [0.25, 0.3) is 11.8 Å². The van der Waals surface area contributed by atoms with Crippen molar-refractivity contribution >= 4 is 34.3 Å². The molecule has 1 saturated carbocycles. The number of rotatable bonds is 5. The third kappa shape index (κ3) is 3.22. The van der Waals surface area contributed by atoms with E-state index in [1.165, 1.54) is 12.8 Å². The van der Waals surface area contributed by atoms with Crippen molar-refractivity contribution in [3.63, 3.8) is 0 Å². The van der Waals surface area contributed by atoms with Crippen molar-refractivity contribution in [2.24, 2.45) is 5.92 Å². The molecule has 5 rings (SSSR count). The number of furan rings is 1. The zero-order valence-electron chi connectivity index (χ0n) is 15.6. The third-order valence-electron chi connectivity index (χ3n) is 5.63. The molecule has 4 heterocycles. The van der Waals surface area contributed by atoms with Crippen molar-refractivity contribution in [2.75, 3.05) is 13.1 Å². The SMILES string of the molecule is CC1CC(CNC(=O)c2cc3occc3[nH]2)CN1C(=O)c1csc(C2CC2)n1. The topological polar surface area (TPSA) is 91.2 Å². The van der Waals surface area contributed by atoms with E-state index in [1.54, 1.807) is 29.7 Å². The Hall–Kier alpha value is -2.61. The Bertz CT molecular complexity index is 1000. The van der Waals surface area contributed by atoms with Gasteiger partial charge in [0.2, 0.25) is 0 Å². The molecule has 8 heteroatoms. The van der Waals surface area contributed by atoms with Gasteiger partial charge < -0.3 is 19.6 Å². The lowest BCUT2D eigenvalue weighted by molar-refractivity contribution is 0.0738. The van der Waals surface area contributed by atoms with Crippen LogP contribution in [0.2, 0.25) is 0 Å². The van der Waals surface area contributed by atoms with Crippen LogP contribution in [0.25, 0.3) is 11.1 Å². The number of thiazole rings is 1. The molecule has 2 fully saturated rings. The van der Waals surface area contributed by atoms with Crippen molar-refractivity contribution < 1.29 is 14.0 Å². The fraction of sp³-hybridized carbons (Fsp3) is 0.450. The number of likely N-dealkylation sites (tertiary alicyclic amines) is 1. The lowest BCUT2D eigenvalue weighted by Gasteiger charge is -2.20. The van der Waals surface area contributed by atoms with Gasteiger partial charge in [-0.25, -0.2) is 4.98 Å². The van der Waals surface area contributed by atoms with Gasteiger partial charge in [-0.2, -0.15) is 0 Å². The first-order valence-corrected chi connectivity index (χ1v) is 10.6. The van der Waals surface area contributed by atoms with Crippen LogP contribution in [0.4, 0.5) is 0 Å². The van der Waals surface area contributed by atoms with Gasteiger partial charge >= 0.3 is 0 Å². The predicted molar refractivity (Wildman–Crippen MR) is 106 cm³/mol. The van der Waals surface area contributed by atoms with E-state index in [0.29, 0.717) is 36.0 Å². The highest BCUT2D eigenvalue weighted by molar-refractivity contribution is 7.10. The van der Waals surface area contributed by atoms with Gasteiger partial charge in [0.15, 0.2) is 5.58 Å². The molecule has 2 aliphatic rings. The van der Waals surface area contributed by atoms with Crippen LogP contribution < -0.4 is 5.32 Å². The standard InChI is InChI=1S/C20H22N4O3S/c1-11-6-12(8-21-18(25)15-7-17-14(22-15)4-5-27-17)9-24(11)20(26)16-10-28-19(23-16)13-2-3-13/h4-5,7,10-13,22H,2-3,6,8-9H2,1H3,(H,21,25). The Morgan fingerprint density at radius 2 is 2.29 bits per heavy atom. The minimum absolute atomic E-state index is 0.00852. The molecule has 2 N–H and O–H groups in total. The predicted octanol–water partition coefficient (Wildman–Crippen LogP) is 3.38. The van der Waals surface area contributed by atoms with Crippen LogP contribution in [0.5, 0.6) is 0 Å². The van der Waals surface area contributed by atoms with Crippen LogP contribution in [0.15, 0.2) is 28.2 Å². The first kappa shape index (κ1) is 17.5. The number of hydrogen-bond acceptors (Lipinski definition) is 5. The van der Waals surface area contributed by atoms with E-state index in [4.69, 9.17) is 4.42 Å². The van der Waals surface area contributed by atoms with E-state index in [1.807, 2.05) is 10.3 Å². The first-order valence-electron chi connectivity index (χ1n) is 9.69. The molecule has 0 spiro atoms. The maximum absolute atomic E-state index is 12.9. The summed E-state index contributed by atoms with van der Waals surface area (Å²) in [6, 6.07) is 3.65. The summed E-state index contributed by atoms with van der Waals surface area (Å²) < 4.78 is 5.28. The van der Waals surface area contributed by atoms with E-state index in [9.17, 15) is 9.59 Å². The Balaban J connectivity index is 1.18. The molecule has 0 bridgehead atoms. The highest BCUT2D eigenvalue weighted by Gasteiger charge is 2.35. The zero-order valence-corrected chi connectivity index (χ0v) is 16.4. The minimum Gasteiger partial charge on any atom is -0.463 e. The molecule has 2 unspecified atom stereocenters. The molecule has 7 nitrogen and oxygen atoms in total. The molecule has 2 atom stereocenters. The second-order valence-electron chi connectivity index (χ2n) is 7.85. The van der Waals surface area contributed by atoms with Crippen molar-refractivity contribution in [2.45, 2.75) is 38.1 Å². The number of nitrogens with zero attached hydrogens (tertiary/aromatic N) is 2. The Labute approximate surface area is 166 Å². The maximum atomic E-state index is 12.9. The fourth-order valence-corrected chi connectivity index (χ4v) is 4.89. The fourth-order valence-electron chi connectivity index (χ4n) is 3.93. The Morgan fingerprint density at radius 3 is 3.07 bits per heavy atom. The molecule has 1 saturated heterocycles. The monoisotopic (exact) mass is 398 g/mol. The number of H-pyrrole nitrogens is 1. The number of nitrogens with one attached hydrogen (secondary N) is 2. The van der Waals surface area contributed by atoms with Gasteiger partial charge in [-0.05, 0) is 32.1 Å². The van der Waals surface area contributed by atoms with E-state index in [0.717, 1.165) is 16.9 Å². The number of carbonyl (C=O) groups is 2. The molecule has 28 heavy (non-hydrogen) atoms. The molecular formula is C20H22N4O3S. The summed E-state index contributed by atoms with van der Waals surface area (Å²) in [7, 11) is 0. The van der Waals surface area contributed by atoms with Crippen molar-refractivity contribution in [3.05, 3.63) is 40.2 Å². The second-order valence-corrected chi connectivity index (χ2v) is 8.73.